The molecule has 16 heavy (non-hydrogen) atoms. The zero-order chi connectivity index (χ0) is 11.0. The molecule has 0 saturated carbocycles. The molecule has 1 nitrogen and oxygen atoms in total. The van der Waals surface area contributed by atoms with E-state index in [4.69, 9.17) is 5.73 Å². The molecule has 1 aromatic heterocycles. The molecule has 0 bridgehead atoms. The van der Waals surface area contributed by atoms with Crippen LogP contribution in [0.1, 0.15) is 0 Å². The minimum atomic E-state index is 0.857. The van der Waals surface area contributed by atoms with Crippen LogP contribution >= 0.6 is 11.3 Å². The van der Waals surface area contributed by atoms with Crippen LogP contribution in [-0.4, -0.2) is 0 Å². The van der Waals surface area contributed by atoms with Crippen LogP contribution in [0.2, 0.25) is 0 Å². The maximum absolute atomic E-state index is 5.95. The van der Waals surface area contributed by atoms with Gasteiger partial charge in [0, 0.05) is 20.7 Å². The van der Waals surface area contributed by atoms with Gasteiger partial charge >= 0.3 is 0 Å². The van der Waals surface area contributed by atoms with Gasteiger partial charge in [-0.05, 0) is 23.8 Å². The first-order chi connectivity index (χ1) is 7.84. The molecule has 0 fully saturated rings. The summed E-state index contributed by atoms with van der Waals surface area (Å²) in [6, 6.07) is 18.6. The summed E-state index contributed by atoms with van der Waals surface area (Å²) in [5.74, 6) is 0. The summed E-state index contributed by atoms with van der Waals surface area (Å²) < 4.78 is 1.25. The fourth-order valence-corrected chi connectivity index (χ4v) is 2.93. The van der Waals surface area contributed by atoms with E-state index in [0.29, 0.717) is 0 Å². The van der Waals surface area contributed by atoms with Crippen molar-refractivity contribution < 1.29 is 0 Å². The number of hydrogen-bond donors (Lipinski definition) is 1. The third kappa shape index (κ3) is 1.48. The normalized spacial score (nSPS) is 10.8. The van der Waals surface area contributed by atoms with Crippen molar-refractivity contribution in [1.29, 1.82) is 0 Å². The molecule has 0 aliphatic heterocycles. The van der Waals surface area contributed by atoms with Gasteiger partial charge in [-0.3, -0.25) is 0 Å². The number of nitrogen functional groups attached to an aromatic ring is 1. The van der Waals surface area contributed by atoms with E-state index in [-0.39, 0.29) is 0 Å². The summed E-state index contributed by atoms with van der Waals surface area (Å²) >= 11 is 1.78. The monoisotopic (exact) mass is 225 g/mol. The van der Waals surface area contributed by atoms with Crippen molar-refractivity contribution in [2.75, 3.05) is 5.73 Å². The van der Waals surface area contributed by atoms with Crippen LogP contribution in [0.5, 0.6) is 0 Å². The summed E-state index contributed by atoms with van der Waals surface area (Å²) in [7, 11) is 0. The van der Waals surface area contributed by atoms with Crippen molar-refractivity contribution in [3.63, 3.8) is 0 Å². The molecule has 2 heteroatoms. The van der Waals surface area contributed by atoms with Gasteiger partial charge in [-0.15, -0.1) is 11.3 Å². The molecule has 3 rings (SSSR count). The van der Waals surface area contributed by atoms with Gasteiger partial charge in [-0.1, -0.05) is 36.4 Å². The second-order valence-electron chi connectivity index (χ2n) is 3.74. The first-order valence-corrected chi connectivity index (χ1v) is 6.00. The minimum Gasteiger partial charge on any atom is -0.398 e. The second kappa shape index (κ2) is 3.65. The molecule has 0 radical (unpaired) electrons. The average Bonchev–Trinajstić information content (AvgIpc) is 2.76. The average molecular weight is 225 g/mol. The summed E-state index contributed by atoms with van der Waals surface area (Å²) in [5.41, 5.74) is 8.06. The molecule has 0 amide bonds. The standard InChI is InChI=1S/C14H11NS/c15-12-7-4-8-13-11(12)9-14(16-13)10-5-2-1-3-6-10/h1-9H,15H2. The van der Waals surface area contributed by atoms with Crippen molar-refractivity contribution >= 4 is 27.1 Å². The highest BCUT2D eigenvalue weighted by Gasteiger charge is 2.05. The van der Waals surface area contributed by atoms with E-state index < -0.39 is 0 Å². The Morgan fingerprint density at radius 3 is 2.44 bits per heavy atom. The van der Waals surface area contributed by atoms with E-state index in [1.165, 1.54) is 15.1 Å². The van der Waals surface area contributed by atoms with Crippen molar-refractivity contribution in [3.8, 4) is 10.4 Å². The smallest absolute Gasteiger partial charge is 0.0402 e. The summed E-state index contributed by atoms with van der Waals surface area (Å²) in [6.45, 7) is 0. The van der Waals surface area contributed by atoms with E-state index in [1.54, 1.807) is 11.3 Å². The highest BCUT2D eigenvalue weighted by atomic mass is 32.1. The second-order valence-corrected chi connectivity index (χ2v) is 4.82. The topological polar surface area (TPSA) is 26.0 Å². The van der Waals surface area contributed by atoms with Gasteiger partial charge in [-0.2, -0.15) is 0 Å². The summed E-state index contributed by atoms with van der Waals surface area (Å²) in [4.78, 5) is 1.27. The Kier molecular flexibility index (Phi) is 2.15. The molecule has 2 N–H and O–H groups in total. The van der Waals surface area contributed by atoms with Crippen LogP contribution in [0.4, 0.5) is 5.69 Å². The lowest BCUT2D eigenvalue weighted by Gasteiger charge is -1.93. The first-order valence-electron chi connectivity index (χ1n) is 5.18. The van der Waals surface area contributed by atoms with Crippen LogP contribution in [0, 0.1) is 0 Å². The van der Waals surface area contributed by atoms with Gasteiger partial charge < -0.3 is 5.73 Å². The Hall–Kier alpha value is -1.80. The van der Waals surface area contributed by atoms with Crippen LogP contribution in [0.3, 0.4) is 0 Å². The molecular formula is C14H11NS. The fourth-order valence-electron chi connectivity index (χ4n) is 1.83. The number of benzene rings is 2. The van der Waals surface area contributed by atoms with Crippen molar-refractivity contribution in [2.24, 2.45) is 0 Å². The summed E-state index contributed by atoms with van der Waals surface area (Å²) in [6.07, 6.45) is 0. The lowest BCUT2D eigenvalue weighted by molar-refractivity contribution is 1.70. The van der Waals surface area contributed by atoms with Crippen LogP contribution in [-0.2, 0) is 0 Å². The highest BCUT2D eigenvalue weighted by Crippen LogP contribution is 2.35. The number of thiophene rings is 1. The molecule has 3 aromatic rings. The molecule has 2 aromatic carbocycles. The Balaban J connectivity index is 2.23. The fraction of sp³-hybridized carbons (Fsp3) is 0. The zero-order valence-corrected chi connectivity index (χ0v) is 9.50. The molecular weight excluding hydrogens is 214 g/mol. The van der Waals surface area contributed by atoms with E-state index >= 15 is 0 Å². The highest BCUT2D eigenvalue weighted by molar-refractivity contribution is 7.22. The van der Waals surface area contributed by atoms with Gasteiger partial charge in [0.15, 0.2) is 0 Å². The molecule has 0 aliphatic carbocycles. The van der Waals surface area contributed by atoms with Crippen LogP contribution < -0.4 is 5.73 Å². The van der Waals surface area contributed by atoms with E-state index in [0.717, 1.165) is 11.1 Å². The molecule has 0 unspecified atom stereocenters. The Labute approximate surface area is 98.2 Å². The number of hydrogen-bond acceptors (Lipinski definition) is 2. The van der Waals surface area contributed by atoms with Crippen molar-refractivity contribution in [2.45, 2.75) is 0 Å². The maximum atomic E-state index is 5.95. The molecule has 0 aliphatic rings. The number of anilines is 1. The Bertz CT molecular complexity index is 626. The van der Waals surface area contributed by atoms with Crippen LogP contribution in [0.25, 0.3) is 20.5 Å². The Morgan fingerprint density at radius 2 is 1.69 bits per heavy atom. The molecule has 0 atom stereocenters. The lowest BCUT2D eigenvalue weighted by Crippen LogP contribution is -1.82. The van der Waals surface area contributed by atoms with E-state index in [2.05, 4.69) is 36.4 Å². The predicted molar refractivity (Wildman–Crippen MR) is 71.7 cm³/mol. The van der Waals surface area contributed by atoms with E-state index in [9.17, 15) is 0 Å². The van der Waals surface area contributed by atoms with Gasteiger partial charge in [0.2, 0.25) is 0 Å². The van der Waals surface area contributed by atoms with Crippen molar-refractivity contribution in [3.05, 3.63) is 54.6 Å². The maximum Gasteiger partial charge on any atom is 0.0402 e. The summed E-state index contributed by atoms with van der Waals surface area (Å²) in [5, 5.41) is 1.16. The van der Waals surface area contributed by atoms with Crippen LogP contribution in [0.15, 0.2) is 54.6 Å². The first kappa shape index (κ1) is 9.43. The molecule has 1 heterocycles. The minimum absolute atomic E-state index is 0.857. The largest absolute Gasteiger partial charge is 0.398 e. The lowest BCUT2D eigenvalue weighted by atomic mass is 10.1. The molecule has 0 spiro atoms. The van der Waals surface area contributed by atoms with Gasteiger partial charge in [0.25, 0.3) is 0 Å². The number of fused-ring (bicyclic) bond motifs is 1. The third-order valence-electron chi connectivity index (χ3n) is 2.65. The molecule has 0 saturated heterocycles. The third-order valence-corrected chi connectivity index (χ3v) is 3.80. The van der Waals surface area contributed by atoms with Gasteiger partial charge in [-0.25, -0.2) is 0 Å². The van der Waals surface area contributed by atoms with Gasteiger partial charge in [0.05, 0.1) is 0 Å². The van der Waals surface area contributed by atoms with Gasteiger partial charge in [0.1, 0.15) is 0 Å². The van der Waals surface area contributed by atoms with Crippen molar-refractivity contribution in [1.82, 2.24) is 0 Å². The SMILES string of the molecule is Nc1cccc2sc(-c3ccccc3)cc12. The number of rotatable bonds is 1. The number of nitrogens with two attached hydrogens (primary N) is 1. The molecule has 78 valence electrons. The predicted octanol–water partition coefficient (Wildman–Crippen LogP) is 4.15. The zero-order valence-electron chi connectivity index (χ0n) is 8.68. The Morgan fingerprint density at radius 1 is 0.875 bits per heavy atom. The van der Waals surface area contributed by atoms with E-state index in [1.807, 2.05) is 18.2 Å². The quantitative estimate of drug-likeness (QED) is 0.618.